The van der Waals surface area contributed by atoms with Gasteiger partial charge in [-0.25, -0.2) is 0 Å². The van der Waals surface area contributed by atoms with Crippen molar-refractivity contribution in [2.75, 3.05) is 38.6 Å². The van der Waals surface area contributed by atoms with Crippen molar-refractivity contribution in [1.82, 2.24) is 15.1 Å². The summed E-state index contributed by atoms with van der Waals surface area (Å²) in [5.74, 6) is 0. The van der Waals surface area contributed by atoms with Gasteiger partial charge in [0, 0.05) is 25.7 Å². The van der Waals surface area contributed by atoms with E-state index in [0.29, 0.717) is 10.3 Å². The van der Waals surface area contributed by atoms with Gasteiger partial charge in [-0.3, -0.25) is 0 Å². The topological polar surface area (TPSA) is 32.3 Å². The van der Waals surface area contributed by atoms with Gasteiger partial charge < -0.3 is 9.80 Å². The van der Waals surface area contributed by atoms with E-state index < -0.39 is 0 Å². The molecule has 1 rings (SSSR count). The fourth-order valence-corrected chi connectivity index (χ4v) is 1.86. The first-order chi connectivity index (χ1) is 8.04. The Morgan fingerprint density at radius 3 is 2.41 bits per heavy atom. The highest BCUT2D eigenvalue weighted by molar-refractivity contribution is 6.33. The molecule has 0 spiro atoms. The van der Waals surface area contributed by atoms with Crippen LogP contribution >= 0.6 is 23.2 Å². The summed E-state index contributed by atoms with van der Waals surface area (Å²) in [6.45, 7) is 4.90. The van der Waals surface area contributed by atoms with Gasteiger partial charge in [0.2, 0.25) is 0 Å². The Labute approximate surface area is 113 Å². The molecule has 0 aliphatic carbocycles. The van der Waals surface area contributed by atoms with Gasteiger partial charge in [-0.05, 0) is 20.5 Å². The number of hydrogen-bond donors (Lipinski definition) is 0. The first kappa shape index (κ1) is 14.5. The van der Waals surface area contributed by atoms with Crippen LogP contribution in [0.3, 0.4) is 0 Å². The zero-order valence-corrected chi connectivity index (χ0v) is 12.0. The minimum absolute atomic E-state index is 0.371. The summed E-state index contributed by atoms with van der Waals surface area (Å²) in [7, 11) is 4.09. The van der Waals surface area contributed by atoms with E-state index in [2.05, 4.69) is 26.9 Å². The fourth-order valence-electron chi connectivity index (χ4n) is 1.51. The van der Waals surface area contributed by atoms with E-state index in [1.807, 2.05) is 14.1 Å². The van der Waals surface area contributed by atoms with Gasteiger partial charge in [0.05, 0.1) is 5.69 Å². The molecule has 0 aliphatic rings. The quantitative estimate of drug-likeness (QED) is 0.800. The molecule has 0 amide bonds. The van der Waals surface area contributed by atoms with Crippen LogP contribution in [0.15, 0.2) is 6.07 Å². The van der Waals surface area contributed by atoms with Crippen molar-refractivity contribution in [2.24, 2.45) is 0 Å². The molecular weight excluding hydrogens is 259 g/mol. The smallest absolute Gasteiger partial charge is 0.175 e. The van der Waals surface area contributed by atoms with E-state index in [0.717, 1.165) is 31.7 Å². The highest BCUT2D eigenvalue weighted by Crippen LogP contribution is 2.25. The highest BCUT2D eigenvalue weighted by Gasteiger charge is 2.12. The van der Waals surface area contributed by atoms with Crippen LogP contribution in [-0.2, 0) is 0 Å². The number of rotatable bonds is 6. The fraction of sp³-hybridized carbons (Fsp3) is 0.636. The predicted octanol–water partition coefficient (Wildman–Crippen LogP) is 2.56. The van der Waals surface area contributed by atoms with Gasteiger partial charge in [0.1, 0.15) is 0 Å². The third-order valence-electron chi connectivity index (χ3n) is 2.35. The molecule has 6 heteroatoms. The molecule has 0 fully saturated rings. The van der Waals surface area contributed by atoms with Crippen molar-refractivity contribution in [3.8, 4) is 0 Å². The van der Waals surface area contributed by atoms with Crippen LogP contribution in [0, 0.1) is 0 Å². The van der Waals surface area contributed by atoms with Crippen LogP contribution in [0.5, 0.6) is 0 Å². The van der Waals surface area contributed by atoms with Crippen LogP contribution in [0.2, 0.25) is 10.3 Å². The maximum absolute atomic E-state index is 6.05. The Morgan fingerprint density at radius 1 is 1.12 bits per heavy atom. The van der Waals surface area contributed by atoms with Crippen molar-refractivity contribution in [1.29, 1.82) is 0 Å². The molecule has 1 aromatic rings. The lowest BCUT2D eigenvalue weighted by molar-refractivity contribution is 0.413. The second kappa shape index (κ2) is 6.99. The van der Waals surface area contributed by atoms with E-state index in [4.69, 9.17) is 23.2 Å². The average Bonchev–Trinajstić information content (AvgIpc) is 2.27. The Bertz CT molecular complexity index is 357. The minimum atomic E-state index is 0.371. The Balaban J connectivity index is 2.84. The van der Waals surface area contributed by atoms with Crippen LogP contribution in [0.4, 0.5) is 5.69 Å². The largest absolute Gasteiger partial charge is 0.368 e. The number of hydrogen-bond acceptors (Lipinski definition) is 4. The van der Waals surface area contributed by atoms with Gasteiger partial charge in [-0.15, -0.1) is 10.2 Å². The van der Waals surface area contributed by atoms with Gasteiger partial charge in [0.15, 0.2) is 10.3 Å². The monoisotopic (exact) mass is 276 g/mol. The molecule has 0 N–H and O–H groups in total. The molecule has 0 aromatic carbocycles. The van der Waals surface area contributed by atoms with Crippen molar-refractivity contribution in [2.45, 2.75) is 13.3 Å². The molecule has 0 bridgehead atoms. The molecule has 0 atom stereocenters. The highest BCUT2D eigenvalue weighted by atomic mass is 35.5. The van der Waals surface area contributed by atoms with Crippen molar-refractivity contribution in [3.05, 3.63) is 16.4 Å². The zero-order chi connectivity index (χ0) is 12.8. The Morgan fingerprint density at radius 2 is 1.82 bits per heavy atom. The summed E-state index contributed by atoms with van der Waals surface area (Å²) in [4.78, 5) is 4.32. The van der Waals surface area contributed by atoms with Crippen LogP contribution in [0.25, 0.3) is 0 Å². The molecule has 1 aromatic heterocycles. The summed E-state index contributed by atoms with van der Waals surface area (Å²) in [6, 6.07) is 1.77. The van der Waals surface area contributed by atoms with E-state index in [9.17, 15) is 0 Å². The maximum atomic E-state index is 6.05. The number of aromatic nitrogens is 2. The number of nitrogens with zero attached hydrogens (tertiary/aromatic N) is 4. The second-order valence-electron chi connectivity index (χ2n) is 4.13. The summed E-state index contributed by atoms with van der Waals surface area (Å²) in [6.07, 6.45) is 1.05. The van der Waals surface area contributed by atoms with E-state index in [1.165, 1.54) is 0 Å². The lowest BCUT2D eigenvalue weighted by Gasteiger charge is -2.26. The SMILES string of the molecule is CCCN(CCN(C)C)c1cc(Cl)nnc1Cl. The summed E-state index contributed by atoms with van der Waals surface area (Å²) in [5.41, 5.74) is 0.857. The molecule has 0 saturated heterocycles. The van der Waals surface area contributed by atoms with Crippen LogP contribution in [-0.4, -0.2) is 48.8 Å². The molecule has 96 valence electrons. The second-order valence-corrected chi connectivity index (χ2v) is 4.88. The third-order valence-corrected chi connectivity index (χ3v) is 2.81. The first-order valence-corrected chi connectivity index (χ1v) is 6.38. The lowest BCUT2D eigenvalue weighted by Crippen LogP contribution is -2.32. The molecular formula is C11H18Cl2N4. The number of likely N-dealkylation sites (N-methyl/N-ethyl adjacent to an activating group) is 1. The van der Waals surface area contributed by atoms with E-state index >= 15 is 0 Å². The van der Waals surface area contributed by atoms with Crippen LogP contribution < -0.4 is 4.90 Å². The molecule has 0 saturated carbocycles. The molecule has 17 heavy (non-hydrogen) atoms. The summed E-state index contributed by atoms with van der Waals surface area (Å²) < 4.78 is 0. The zero-order valence-electron chi connectivity index (χ0n) is 10.5. The van der Waals surface area contributed by atoms with Crippen molar-refractivity contribution < 1.29 is 0 Å². The maximum Gasteiger partial charge on any atom is 0.175 e. The Kier molecular flexibility index (Phi) is 5.95. The number of anilines is 1. The average molecular weight is 277 g/mol. The third kappa shape index (κ3) is 4.66. The van der Waals surface area contributed by atoms with Gasteiger partial charge >= 0.3 is 0 Å². The normalized spacial score (nSPS) is 10.9. The predicted molar refractivity (Wildman–Crippen MR) is 73.1 cm³/mol. The first-order valence-electron chi connectivity index (χ1n) is 5.63. The van der Waals surface area contributed by atoms with Crippen molar-refractivity contribution >= 4 is 28.9 Å². The summed E-state index contributed by atoms with van der Waals surface area (Å²) >= 11 is 11.9. The summed E-state index contributed by atoms with van der Waals surface area (Å²) in [5, 5.41) is 8.34. The van der Waals surface area contributed by atoms with Gasteiger partial charge in [-0.1, -0.05) is 30.1 Å². The van der Waals surface area contributed by atoms with Gasteiger partial charge in [0.25, 0.3) is 0 Å². The molecule has 0 radical (unpaired) electrons. The Hall–Kier alpha value is -0.580. The number of halogens is 2. The van der Waals surface area contributed by atoms with Crippen molar-refractivity contribution in [3.63, 3.8) is 0 Å². The molecule has 0 aliphatic heterocycles. The van der Waals surface area contributed by atoms with E-state index in [1.54, 1.807) is 6.07 Å². The molecule has 4 nitrogen and oxygen atoms in total. The minimum Gasteiger partial charge on any atom is -0.368 e. The lowest BCUT2D eigenvalue weighted by atomic mass is 10.3. The molecule has 1 heterocycles. The van der Waals surface area contributed by atoms with Gasteiger partial charge in [-0.2, -0.15) is 0 Å². The van der Waals surface area contributed by atoms with E-state index in [-0.39, 0.29) is 0 Å². The van der Waals surface area contributed by atoms with Crippen LogP contribution in [0.1, 0.15) is 13.3 Å². The molecule has 0 unspecified atom stereocenters. The standard InChI is InChI=1S/C11H18Cl2N4/c1-4-5-17(7-6-16(2)3)9-8-10(12)14-15-11(9)13/h8H,4-7H2,1-3H3.